The number of nitrogens with zero attached hydrogens (tertiary/aromatic N) is 4. The second-order valence-electron chi connectivity index (χ2n) is 11.1. The van der Waals surface area contributed by atoms with Gasteiger partial charge in [0.05, 0.1) is 18.7 Å². The SMILES string of the molecule is O=C(O)c1cc(O[C@@H]2CCOC2)c2cc(N3CC(/C=C/c4c(-c5cccnc5C(F)(F)F)noc4C4CC4)C3)ccc2n1. The van der Waals surface area contributed by atoms with Crippen LogP contribution in [0.2, 0.25) is 0 Å². The Morgan fingerprint density at radius 1 is 1.14 bits per heavy atom. The fourth-order valence-corrected chi connectivity index (χ4v) is 5.58. The number of alkyl halides is 3. The van der Waals surface area contributed by atoms with Gasteiger partial charge in [-0.3, -0.25) is 4.98 Å². The molecule has 9 nitrogen and oxygen atoms in total. The minimum atomic E-state index is -4.62. The van der Waals surface area contributed by atoms with Gasteiger partial charge in [0.1, 0.15) is 23.3 Å². The van der Waals surface area contributed by atoms with Gasteiger partial charge in [0, 0.05) is 65.8 Å². The lowest BCUT2D eigenvalue weighted by molar-refractivity contribution is -0.140. The first-order valence-corrected chi connectivity index (χ1v) is 14.1. The molecule has 0 bridgehead atoms. The molecule has 222 valence electrons. The van der Waals surface area contributed by atoms with Crippen LogP contribution in [0.3, 0.4) is 0 Å². The van der Waals surface area contributed by atoms with E-state index in [0.717, 1.165) is 31.1 Å². The van der Waals surface area contributed by atoms with Gasteiger partial charge in [-0.15, -0.1) is 0 Å². The summed E-state index contributed by atoms with van der Waals surface area (Å²) in [6.07, 6.45) is 2.73. The molecule has 7 rings (SSSR count). The van der Waals surface area contributed by atoms with Crippen LogP contribution in [0.25, 0.3) is 28.2 Å². The number of carboxylic acid groups (broad SMARTS) is 1. The molecule has 0 unspecified atom stereocenters. The number of aromatic carboxylic acids is 1. The van der Waals surface area contributed by atoms with E-state index in [2.05, 4.69) is 20.0 Å². The quantitative estimate of drug-likeness (QED) is 0.256. The number of aromatic nitrogens is 3. The zero-order valence-electron chi connectivity index (χ0n) is 22.9. The molecule has 43 heavy (non-hydrogen) atoms. The third kappa shape index (κ3) is 5.42. The molecule has 3 aliphatic rings. The van der Waals surface area contributed by atoms with E-state index < -0.39 is 17.8 Å². The van der Waals surface area contributed by atoms with E-state index in [4.69, 9.17) is 14.0 Å². The topological polar surface area (TPSA) is 111 Å². The molecular formula is C31H27F3N4O5. The number of carbonyl (C=O) groups is 1. The van der Waals surface area contributed by atoms with Crippen LogP contribution in [0.5, 0.6) is 5.75 Å². The van der Waals surface area contributed by atoms with Crippen molar-refractivity contribution in [3.8, 4) is 17.0 Å². The van der Waals surface area contributed by atoms with Crippen LogP contribution in [-0.2, 0) is 10.9 Å². The number of pyridine rings is 2. The molecule has 5 heterocycles. The maximum Gasteiger partial charge on any atom is 0.434 e. The van der Waals surface area contributed by atoms with Gasteiger partial charge in [0.15, 0.2) is 11.4 Å². The molecule has 0 amide bonds. The zero-order chi connectivity index (χ0) is 29.7. The van der Waals surface area contributed by atoms with Gasteiger partial charge in [-0.1, -0.05) is 17.3 Å². The number of hydrogen-bond acceptors (Lipinski definition) is 8. The summed E-state index contributed by atoms with van der Waals surface area (Å²) in [7, 11) is 0. The van der Waals surface area contributed by atoms with Crippen molar-refractivity contribution in [2.24, 2.45) is 5.92 Å². The Morgan fingerprint density at radius 3 is 2.70 bits per heavy atom. The van der Waals surface area contributed by atoms with Crippen molar-refractivity contribution in [1.29, 1.82) is 0 Å². The Bertz CT molecular complexity index is 1720. The number of hydrogen-bond donors (Lipinski definition) is 1. The van der Waals surface area contributed by atoms with Gasteiger partial charge >= 0.3 is 12.1 Å². The van der Waals surface area contributed by atoms with Gasteiger partial charge in [0.25, 0.3) is 0 Å². The zero-order valence-corrected chi connectivity index (χ0v) is 22.9. The van der Waals surface area contributed by atoms with Crippen LogP contribution in [0.4, 0.5) is 18.9 Å². The van der Waals surface area contributed by atoms with Crippen LogP contribution < -0.4 is 9.64 Å². The summed E-state index contributed by atoms with van der Waals surface area (Å²) in [5, 5.41) is 14.3. The van der Waals surface area contributed by atoms with Gasteiger partial charge in [-0.2, -0.15) is 13.2 Å². The Kier molecular flexibility index (Phi) is 6.80. The van der Waals surface area contributed by atoms with Crippen molar-refractivity contribution in [3.05, 3.63) is 71.4 Å². The Morgan fingerprint density at radius 2 is 1.98 bits per heavy atom. The lowest BCUT2D eigenvalue weighted by Gasteiger charge is -2.40. The Labute approximate surface area is 243 Å². The fraction of sp³-hybridized carbons (Fsp3) is 0.355. The molecule has 0 radical (unpaired) electrons. The van der Waals surface area contributed by atoms with E-state index in [9.17, 15) is 23.1 Å². The third-order valence-electron chi connectivity index (χ3n) is 8.00. The van der Waals surface area contributed by atoms with E-state index in [1.807, 2.05) is 24.3 Å². The third-order valence-corrected chi connectivity index (χ3v) is 8.00. The van der Waals surface area contributed by atoms with Gasteiger partial charge < -0.3 is 24.0 Å². The minimum absolute atomic E-state index is 0.0874. The number of carboxylic acids is 1. The average molecular weight is 593 g/mol. The number of benzene rings is 1. The van der Waals surface area contributed by atoms with Crippen molar-refractivity contribution in [2.45, 2.75) is 37.5 Å². The molecule has 2 saturated heterocycles. The molecular weight excluding hydrogens is 565 g/mol. The standard InChI is InChI=1S/C31H27F3N4O5/c32-31(33,34)29-22(2-1-10-35-29)27-21(28(43-37-27)18-4-5-18)7-3-17-14-38(15-17)19-6-8-24-23(12-19)26(13-25(36-24)30(39)40)42-20-9-11-41-16-20/h1-3,6-8,10,12-13,17-18,20H,4-5,9,11,14-16H2,(H,39,40)/b7-3+/t20-/m1/s1. The predicted molar refractivity (Wildman–Crippen MR) is 150 cm³/mol. The summed E-state index contributed by atoms with van der Waals surface area (Å²) in [5.74, 6) is 0.250. The summed E-state index contributed by atoms with van der Waals surface area (Å²) in [6.45, 7) is 2.42. The molecule has 1 aliphatic carbocycles. The second kappa shape index (κ2) is 10.7. The number of halogens is 3. The molecule has 1 atom stereocenters. The number of anilines is 1. The van der Waals surface area contributed by atoms with Crippen LogP contribution in [0.15, 0.2) is 53.2 Å². The molecule has 1 aromatic carbocycles. The highest BCUT2D eigenvalue weighted by molar-refractivity contribution is 5.94. The summed E-state index contributed by atoms with van der Waals surface area (Å²) in [4.78, 5) is 21.7. The van der Waals surface area contributed by atoms with Crippen LogP contribution >= 0.6 is 0 Å². The predicted octanol–water partition coefficient (Wildman–Crippen LogP) is 6.20. The number of rotatable bonds is 8. The first kappa shape index (κ1) is 27.4. The van der Waals surface area contributed by atoms with E-state index in [-0.39, 0.29) is 34.9 Å². The summed E-state index contributed by atoms with van der Waals surface area (Å²) in [6, 6.07) is 9.92. The maximum atomic E-state index is 13.7. The number of fused-ring (bicyclic) bond motifs is 1. The van der Waals surface area contributed by atoms with E-state index in [1.54, 1.807) is 6.07 Å². The first-order chi connectivity index (χ1) is 20.7. The summed E-state index contributed by atoms with van der Waals surface area (Å²) < 4.78 is 58.3. The van der Waals surface area contributed by atoms with Crippen molar-refractivity contribution in [2.75, 3.05) is 31.2 Å². The molecule has 1 saturated carbocycles. The lowest BCUT2D eigenvalue weighted by atomic mass is 9.95. The van der Waals surface area contributed by atoms with Gasteiger partial charge in [-0.25, -0.2) is 9.78 Å². The van der Waals surface area contributed by atoms with Crippen molar-refractivity contribution >= 4 is 28.6 Å². The van der Waals surface area contributed by atoms with Crippen LogP contribution in [0, 0.1) is 5.92 Å². The van der Waals surface area contributed by atoms with E-state index in [0.29, 0.717) is 54.3 Å². The molecule has 0 spiro atoms. The second-order valence-corrected chi connectivity index (χ2v) is 11.1. The molecule has 4 aromatic rings. The smallest absolute Gasteiger partial charge is 0.434 e. The average Bonchev–Trinajstić information content (AvgIpc) is 3.51. The fourth-order valence-electron chi connectivity index (χ4n) is 5.58. The number of ether oxygens (including phenoxy) is 2. The summed E-state index contributed by atoms with van der Waals surface area (Å²) >= 11 is 0. The van der Waals surface area contributed by atoms with Gasteiger partial charge in [-0.05, 0) is 43.2 Å². The first-order valence-electron chi connectivity index (χ1n) is 14.1. The molecule has 3 aromatic heterocycles. The van der Waals surface area contributed by atoms with Gasteiger partial charge in [0.2, 0.25) is 0 Å². The van der Waals surface area contributed by atoms with Crippen molar-refractivity contribution in [1.82, 2.24) is 15.1 Å². The Hall–Kier alpha value is -4.45. The monoisotopic (exact) mass is 592 g/mol. The molecule has 12 heteroatoms. The van der Waals surface area contributed by atoms with Crippen LogP contribution in [0.1, 0.15) is 52.7 Å². The van der Waals surface area contributed by atoms with E-state index in [1.165, 1.54) is 18.2 Å². The summed E-state index contributed by atoms with van der Waals surface area (Å²) in [5.41, 5.74) is 1.01. The highest BCUT2D eigenvalue weighted by atomic mass is 19.4. The minimum Gasteiger partial charge on any atom is -0.487 e. The normalized spacial score (nSPS) is 19.3. The largest absolute Gasteiger partial charge is 0.487 e. The van der Waals surface area contributed by atoms with Crippen molar-refractivity contribution < 1.29 is 37.1 Å². The Balaban J connectivity index is 1.12. The van der Waals surface area contributed by atoms with Crippen molar-refractivity contribution in [3.63, 3.8) is 0 Å². The van der Waals surface area contributed by atoms with E-state index >= 15 is 0 Å². The molecule has 2 aliphatic heterocycles. The maximum absolute atomic E-state index is 13.7. The lowest BCUT2D eigenvalue weighted by Crippen LogP contribution is -2.45. The highest BCUT2D eigenvalue weighted by Gasteiger charge is 2.38. The molecule has 3 fully saturated rings. The highest BCUT2D eigenvalue weighted by Crippen LogP contribution is 2.46. The van der Waals surface area contributed by atoms with Crippen LogP contribution in [-0.4, -0.2) is 58.6 Å². The molecule has 1 N–H and O–H groups in total.